The molecular formula is C50H47BBr2NaO20. The summed E-state index contributed by atoms with van der Waals surface area (Å²) in [6.45, 7) is -0.730. The third-order valence-electron chi connectivity index (χ3n) is 12.3. The average Bonchev–Trinajstić information content (AvgIpc) is 3.35. The summed E-state index contributed by atoms with van der Waals surface area (Å²) in [6, 6.07) is 20.0. The van der Waals surface area contributed by atoms with Crippen LogP contribution in [0.15, 0.2) is 93.9 Å². The summed E-state index contributed by atoms with van der Waals surface area (Å²) in [7, 11) is 2.83. The van der Waals surface area contributed by atoms with Crippen molar-refractivity contribution < 1.29 is 131 Å². The third-order valence-corrected chi connectivity index (χ3v) is 13.5. The van der Waals surface area contributed by atoms with E-state index in [4.69, 9.17) is 37.9 Å². The van der Waals surface area contributed by atoms with E-state index in [9.17, 15) is 61.0 Å². The quantitative estimate of drug-likeness (QED) is 0.0976. The molecule has 0 aromatic heterocycles. The Morgan fingerprint density at radius 3 is 1.46 bits per heavy atom. The zero-order chi connectivity index (χ0) is 51.4. The number of ether oxygens (including phenoxy) is 8. The average molecular weight is 1160 g/mol. The van der Waals surface area contributed by atoms with Crippen LogP contribution < -0.4 is 67.5 Å². The predicted octanol–water partition coefficient (Wildman–Crippen LogP) is 3.08. The Morgan fingerprint density at radius 2 is 0.973 bits per heavy atom. The zero-order valence-electron chi connectivity index (χ0n) is 40.1. The molecule has 9 unspecified atom stereocenters. The van der Waals surface area contributed by atoms with Crippen LogP contribution in [0.25, 0.3) is 0 Å². The summed E-state index contributed by atoms with van der Waals surface area (Å²) in [5.74, 6) is -0.820. The molecule has 20 nitrogen and oxygen atoms in total. The van der Waals surface area contributed by atoms with Crippen molar-refractivity contribution in [2.45, 2.75) is 54.9 Å². The van der Waals surface area contributed by atoms with Gasteiger partial charge in [-0.2, -0.15) is 0 Å². The maximum Gasteiger partial charge on any atom is 1.00 e. The second-order valence-corrected chi connectivity index (χ2v) is 18.5. The van der Waals surface area contributed by atoms with Crippen molar-refractivity contribution in [1.29, 1.82) is 0 Å². The van der Waals surface area contributed by atoms with Gasteiger partial charge in [-0.3, -0.25) is 4.79 Å². The van der Waals surface area contributed by atoms with Gasteiger partial charge >= 0.3 is 29.6 Å². The Kier molecular flexibility index (Phi) is 16.9. The maximum absolute atomic E-state index is 12.8. The molecule has 4 aliphatic rings. The van der Waals surface area contributed by atoms with Crippen molar-refractivity contribution in [3.63, 3.8) is 0 Å². The normalized spacial score (nSPS) is 22.9. The molecule has 385 valence electrons. The van der Waals surface area contributed by atoms with E-state index in [1.165, 1.54) is 44.6 Å². The van der Waals surface area contributed by atoms with Crippen LogP contribution in [0.5, 0.6) is 80.5 Å². The summed E-state index contributed by atoms with van der Waals surface area (Å²) in [6.07, 6.45) is -9.96. The molecule has 6 aromatic carbocycles. The number of phenols is 6. The van der Waals surface area contributed by atoms with Crippen LogP contribution in [0, 0.1) is 0 Å². The second-order valence-electron chi connectivity index (χ2n) is 16.8. The zero-order valence-corrected chi connectivity index (χ0v) is 44.3. The number of aliphatic hydroxyl groups is 5. The number of rotatable bonds is 8. The van der Waals surface area contributed by atoms with Crippen molar-refractivity contribution in [3.8, 4) is 80.5 Å². The molecule has 0 saturated carbocycles. The number of fused-ring (bicyclic) bond motifs is 4. The van der Waals surface area contributed by atoms with Gasteiger partial charge in [0.1, 0.15) is 52.3 Å². The van der Waals surface area contributed by atoms with Gasteiger partial charge in [0.15, 0.2) is 88.7 Å². The van der Waals surface area contributed by atoms with Gasteiger partial charge < -0.3 is 95.5 Å². The Balaban J connectivity index is 0.000000267. The molecule has 6 aromatic rings. The van der Waals surface area contributed by atoms with Crippen LogP contribution in [0.3, 0.4) is 0 Å². The van der Waals surface area contributed by atoms with Crippen LogP contribution in [0.1, 0.15) is 71.5 Å². The van der Waals surface area contributed by atoms with Gasteiger partial charge in [0, 0.05) is 56.4 Å². The van der Waals surface area contributed by atoms with Gasteiger partial charge in [0.2, 0.25) is 5.78 Å². The van der Waals surface area contributed by atoms with Crippen molar-refractivity contribution in [1.82, 2.24) is 0 Å². The molecule has 10 rings (SSSR count). The molecule has 11 N–H and O–H groups in total. The first-order valence-corrected chi connectivity index (χ1v) is 23.3. The van der Waals surface area contributed by atoms with Gasteiger partial charge in [-0.25, -0.2) is 0 Å². The number of phenolic OH excluding ortho intramolecular Hbond substituents is 6. The molecule has 24 heteroatoms. The summed E-state index contributed by atoms with van der Waals surface area (Å²) in [5.41, 5.74) is 1.66. The number of aromatic hydroxyl groups is 6. The Bertz CT molecular complexity index is 3110. The molecule has 9 atom stereocenters. The molecular weight excluding hydrogens is 1110 g/mol. The van der Waals surface area contributed by atoms with Gasteiger partial charge in [0.25, 0.3) is 0 Å². The van der Waals surface area contributed by atoms with E-state index in [0.29, 0.717) is 42.7 Å². The van der Waals surface area contributed by atoms with Crippen LogP contribution in [0.2, 0.25) is 0 Å². The molecule has 3 radical (unpaired) electrons. The number of carbonyl (C=O) groups excluding carboxylic acids is 1. The summed E-state index contributed by atoms with van der Waals surface area (Å²) >= 11 is 6.85. The van der Waals surface area contributed by atoms with Crippen LogP contribution in [0.4, 0.5) is 0 Å². The largest absolute Gasteiger partial charge is 1.00 e. The van der Waals surface area contributed by atoms with E-state index in [0.717, 1.165) is 12.1 Å². The number of ketones is 1. The molecule has 74 heavy (non-hydrogen) atoms. The Labute approximate surface area is 464 Å². The van der Waals surface area contributed by atoms with E-state index in [1.54, 1.807) is 42.5 Å². The molecule has 0 bridgehead atoms. The van der Waals surface area contributed by atoms with Crippen molar-refractivity contribution in [3.05, 3.63) is 127 Å². The Hall–Kier alpha value is -5.99. The number of aliphatic hydroxyl groups excluding tert-OH is 5. The third kappa shape index (κ3) is 10.4. The topological polar surface area (TPSA) is 313 Å². The summed E-state index contributed by atoms with van der Waals surface area (Å²) in [4.78, 5) is 12.8. The van der Waals surface area contributed by atoms with Gasteiger partial charge in [-0.05, 0) is 80.4 Å². The Morgan fingerprint density at radius 1 is 0.527 bits per heavy atom. The fourth-order valence-electron chi connectivity index (χ4n) is 8.80. The molecule has 0 spiro atoms. The van der Waals surface area contributed by atoms with Crippen molar-refractivity contribution in [2.75, 3.05) is 27.4 Å². The second kappa shape index (κ2) is 22.5. The number of methoxy groups -OCH3 is 2. The van der Waals surface area contributed by atoms with E-state index in [-0.39, 0.29) is 123 Å². The first-order chi connectivity index (χ1) is 34.4. The van der Waals surface area contributed by atoms with E-state index >= 15 is 0 Å². The number of halogens is 2. The van der Waals surface area contributed by atoms with Crippen molar-refractivity contribution in [2.24, 2.45) is 0 Å². The number of hydrogen-bond acceptors (Lipinski definition) is 20. The fourth-order valence-corrected chi connectivity index (χ4v) is 9.91. The van der Waals surface area contributed by atoms with Gasteiger partial charge in [0.05, 0.1) is 41.9 Å². The molecule has 0 saturated heterocycles. The van der Waals surface area contributed by atoms with Crippen LogP contribution >= 0.6 is 31.9 Å². The number of hydrogen-bond donors (Lipinski definition) is 11. The van der Waals surface area contributed by atoms with Gasteiger partial charge in [-0.15, -0.1) is 0 Å². The van der Waals surface area contributed by atoms with E-state index in [1.807, 2.05) is 0 Å². The fraction of sp³-hybridized carbons (Fsp3) is 0.260. The minimum atomic E-state index is -1.65. The first-order valence-electron chi connectivity index (χ1n) is 21.8. The number of Topliss-reactive ketones (excluding diaryl/α,β-unsaturated/α-hetero) is 1. The smallest absolute Gasteiger partial charge is 1.00 e. The molecule has 0 fully saturated rings. The van der Waals surface area contributed by atoms with Crippen LogP contribution in [-0.4, -0.2) is 122 Å². The monoisotopic (exact) mass is 1160 g/mol. The predicted molar refractivity (Wildman–Crippen MR) is 264 cm³/mol. The first kappa shape index (κ1) is 55.8. The standard InChI is InChI=1S/C25H23BrO10.C25H21BrO10.B.Na.H2.H/c2*1-33-16-5-10(2-3-14(16)29)23-19(9-27)36-25-13(26)4-11(6-18(25)35-23)24-22(32)21(31)20-15(30)7-12(28)8-17(20)34-24;;;;/h2-8,19,21-24,27-32H,9H2,1H3;2-8,19,22-24,27-30,32H,9H2,1H3;;;1H;/q;;;+1;;-1. The molecule has 0 amide bonds. The summed E-state index contributed by atoms with van der Waals surface area (Å²) in [5, 5.41) is 112. The molecule has 4 heterocycles. The van der Waals surface area contributed by atoms with Gasteiger partial charge in [-0.1, -0.05) is 12.1 Å². The molecule has 0 aliphatic carbocycles. The van der Waals surface area contributed by atoms with E-state index < -0.39 is 72.2 Å². The number of carbonyl (C=O) groups is 1. The number of benzene rings is 6. The minimum Gasteiger partial charge on any atom is -1.00 e. The van der Waals surface area contributed by atoms with E-state index in [2.05, 4.69) is 31.9 Å². The minimum absolute atomic E-state index is 0. The summed E-state index contributed by atoms with van der Waals surface area (Å²) < 4.78 is 47.3. The molecule has 4 aliphatic heterocycles. The van der Waals surface area contributed by atoms with Crippen LogP contribution in [-0.2, 0) is 0 Å². The van der Waals surface area contributed by atoms with Crippen molar-refractivity contribution >= 4 is 46.1 Å². The maximum atomic E-state index is 12.8. The SMILES string of the molecule is COc1cc(C2Oc3cc(C4Oc5cc(O)cc(O)c5C(=O)C4O)cc(Br)c3OC2CO)ccc1O.COc1cc(C2Oc3cc(C4Oc5cc(O)cc(O)c5C(O)C4O)cc(Br)c3OC2CO)ccc1O.[B].[H-].[HH].[Na+].